The van der Waals surface area contributed by atoms with E-state index in [9.17, 15) is 22.8 Å². The van der Waals surface area contributed by atoms with Crippen molar-refractivity contribution in [3.63, 3.8) is 0 Å². The maximum atomic E-state index is 13.0. The number of aromatic nitrogens is 1. The highest BCUT2D eigenvalue weighted by molar-refractivity contribution is 6.31. The molecule has 0 atom stereocenters. The maximum Gasteiger partial charge on any atom is 0.417 e. The van der Waals surface area contributed by atoms with Crippen LogP contribution in [0.25, 0.3) is 0 Å². The zero-order valence-corrected chi connectivity index (χ0v) is 17.4. The Labute approximate surface area is 186 Å². The van der Waals surface area contributed by atoms with Gasteiger partial charge in [0.05, 0.1) is 17.1 Å². The normalized spacial score (nSPS) is 11.0. The number of ether oxygens (including phenoxy) is 1. The number of carbonyl (C=O) groups is 2. The quantitative estimate of drug-likeness (QED) is 0.541. The molecule has 6 nitrogen and oxygen atoms in total. The average Bonchev–Trinajstić information content (AvgIpc) is 2.75. The number of amides is 2. The third kappa shape index (κ3) is 5.76. The van der Waals surface area contributed by atoms with Gasteiger partial charge >= 0.3 is 6.18 Å². The monoisotopic (exact) mass is 463 g/mol. The SMILES string of the molecule is CN(CC(=O)Nc1ccc(Cl)c(C(F)(F)F)c1)C(=O)c1cccnc1Oc1ccccc1. The molecule has 10 heteroatoms. The first-order chi connectivity index (χ1) is 15.1. The molecule has 0 aliphatic rings. The fraction of sp³-hybridized carbons (Fsp3) is 0.136. The molecule has 0 bridgehead atoms. The minimum absolute atomic E-state index is 0.0588. The summed E-state index contributed by atoms with van der Waals surface area (Å²) >= 11 is 5.58. The lowest BCUT2D eigenvalue weighted by Crippen LogP contribution is -2.35. The molecule has 0 aliphatic heterocycles. The van der Waals surface area contributed by atoms with Crippen LogP contribution < -0.4 is 10.1 Å². The Bertz CT molecular complexity index is 1120. The zero-order valence-electron chi connectivity index (χ0n) is 16.7. The van der Waals surface area contributed by atoms with Crippen molar-refractivity contribution in [2.45, 2.75) is 6.18 Å². The van der Waals surface area contributed by atoms with Gasteiger partial charge in [0, 0.05) is 18.9 Å². The Balaban J connectivity index is 1.70. The number of para-hydroxylation sites is 1. The summed E-state index contributed by atoms with van der Waals surface area (Å²) in [5.41, 5.74) is -1.04. The van der Waals surface area contributed by atoms with E-state index in [0.29, 0.717) is 5.75 Å². The van der Waals surface area contributed by atoms with E-state index >= 15 is 0 Å². The first-order valence-corrected chi connectivity index (χ1v) is 9.63. The molecule has 1 aromatic heterocycles. The summed E-state index contributed by atoms with van der Waals surface area (Å²) in [6, 6.07) is 14.8. The van der Waals surface area contributed by atoms with Gasteiger partial charge in [0.15, 0.2) is 0 Å². The first kappa shape index (κ1) is 23.1. The van der Waals surface area contributed by atoms with Crippen LogP contribution in [0.15, 0.2) is 66.9 Å². The molecule has 0 saturated heterocycles. The molecular formula is C22H17ClF3N3O3. The van der Waals surface area contributed by atoms with Gasteiger partial charge in [-0.25, -0.2) is 4.98 Å². The molecule has 32 heavy (non-hydrogen) atoms. The summed E-state index contributed by atoms with van der Waals surface area (Å²) in [6.45, 7) is -0.414. The van der Waals surface area contributed by atoms with Crippen molar-refractivity contribution in [2.75, 3.05) is 18.9 Å². The van der Waals surface area contributed by atoms with Gasteiger partial charge < -0.3 is 15.0 Å². The van der Waals surface area contributed by atoms with Gasteiger partial charge in [0.2, 0.25) is 11.8 Å². The Morgan fingerprint density at radius 3 is 2.50 bits per heavy atom. The van der Waals surface area contributed by atoms with E-state index < -0.39 is 35.1 Å². The molecule has 166 valence electrons. The number of hydrogen-bond donors (Lipinski definition) is 1. The average molecular weight is 464 g/mol. The molecule has 1 N–H and O–H groups in total. The summed E-state index contributed by atoms with van der Waals surface area (Å²) in [6.07, 6.45) is -3.21. The zero-order chi connectivity index (χ0) is 23.3. The molecule has 2 amide bonds. The van der Waals surface area contributed by atoms with Gasteiger partial charge in [-0.2, -0.15) is 13.2 Å². The van der Waals surface area contributed by atoms with E-state index in [4.69, 9.17) is 16.3 Å². The number of pyridine rings is 1. The van der Waals surface area contributed by atoms with Gasteiger partial charge in [-0.1, -0.05) is 29.8 Å². The summed E-state index contributed by atoms with van der Waals surface area (Å²) in [5.74, 6) is -0.704. The van der Waals surface area contributed by atoms with E-state index in [1.807, 2.05) is 6.07 Å². The lowest BCUT2D eigenvalue weighted by Gasteiger charge is -2.18. The summed E-state index contributed by atoms with van der Waals surface area (Å²) in [5, 5.41) is 1.85. The van der Waals surface area contributed by atoms with Gasteiger partial charge in [0.25, 0.3) is 5.91 Å². The second-order valence-electron chi connectivity index (χ2n) is 6.67. The van der Waals surface area contributed by atoms with Crippen LogP contribution in [0.2, 0.25) is 5.02 Å². The Hall–Kier alpha value is -3.59. The molecule has 0 spiro atoms. The number of benzene rings is 2. The highest BCUT2D eigenvalue weighted by atomic mass is 35.5. The van der Waals surface area contributed by atoms with E-state index in [1.54, 1.807) is 30.3 Å². The smallest absolute Gasteiger partial charge is 0.417 e. The molecule has 2 aromatic carbocycles. The van der Waals surface area contributed by atoms with Crippen molar-refractivity contribution in [1.82, 2.24) is 9.88 Å². The highest BCUT2D eigenvalue weighted by Gasteiger charge is 2.33. The van der Waals surface area contributed by atoms with E-state index in [0.717, 1.165) is 17.0 Å². The van der Waals surface area contributed by atoms with E-state index in [2.05, 4.69) is 10.3 Å². The van der Waals surface area contributed by atoms with Gasteiger partial charge in [-0.3, -0.25) is 9.59 Å². The number of rotatable bonds is 6. The van der Waals surface area contributed by atoms with Crippen molar-refractivity contribution in [3.05, 3.63) is 83.0 Å². The maximum absolute atomic E-state index is 13.0. The molecule has 0 fully saturated rings. The molecule has 1 heterocycles. The number of alkyl halides is 3. The number of carbonyl (C=O) groups excluding carboxylic acids is 2. The number of halogens is 4. The van der Waals surface area contributed by atoms with Crippen molar-refractivity contribution in [1.29, 1.82) is 0 Å². The van der Waals surface area contributed by atoms with E-state index in [-0.39, 0.29) is 17.1 Å². The Morgan fingerprint density at radius 2 is 1.81 bits per heavy atom. The third-order valence-corrected chi connectivity index (χ3v) is 4.57. The highest BCUT2D eigenvalue weighted by Crippen LogP contribution is 2.36. The van der Waals surface area contributed by atoms with Gasteiger partial charge in [0.1, 0.15) is 11.3 Å². The Kier molecular flexibility index (Phi) is 6.99. The topological polar surface area (TPSA) is 71.5 Å². The minimum atomic E-state index is -4.67. The fourth-order valence-corrected chi connectivity index (χ4v) is 2.97. The van der Waals surface area contributed by atoms with Crippen LogP contribution in [0.5, 0.6) is 11.6 Å². The molecule has 0 radical (unpaired) electrons. The first-order valence-electron chi connectivity index (χ1n) is 9.25. The van der Waals surface area contributed by atoms with Crippen LogP contribution in [0.1, 0.15) is 15.9 Å². The van der Waals surface area contributed by atoms with Crippen LogP contribution in [0, 0.1) is 0 Å². The molecule has 0 aliphatic carbocycles. The van der Waals surface area contributed by atoms with Crippen LogP contribution >= 0.6 is 11.6 Å². The summed E-state index contributed by atoms with van der Waals surface area (Å²) in [7, 11) is 1.38. The van der Waals surface area contributed by atoms with Gasteiger partial charge in [-0.15, -0.1) is 0 Å². The van der Waals surface area contributed by atoms with Crippen molar-refractivity contribution in [3.8, 4) is 11.6 Å². The van der Waals surface area contributed by atoms with Crippen LogP contribution in [0.4, 0.5) is 18.9 Å². The Morgan fingerprint density at radius 1 is 1.09 bits per heavy atom. The number of likely N-dealkylation sites (N-methyl/N-ethyl adjacent to an activating group) is 1. The van der Waals surface area contributed by atoms with Crippen LogP contribution in [-0.4, -0.2) is 35.3 Å². The summed E-state index contributed by atoms with van der Waals surface area (Å²) in [4.78, 5) is 30.3. The van der Waals surface area contributed by atoms with Crippen LogP contribution in [0.3, 0.4) is 0 Å². The lowest BCUT2D eigenvalue weighted by atomic mass is 10.2. The predicted molar refractivity (Wildman–Crippen MR) is 113 cm³/mol. The molecular weight excluding hydrogens is 447 g/mol. The standard InChI is InChI=1S/C22H17ClF3N3O3/c1-29(13-19(30)28-14-9-10-18(23)17(12-14)22(24,25)26)21(31)16-8-5-11-27-20(16)32-15-6-3-2-4-7-15/h2-12H,13H2,1H3,(H,28,30). The molecule has 3 aromatic rings. The summed E-state index contributed by atoms with van der Waals surface area (Å²) < 4.78 is 44.6. The lowest BCUT2D eigenvalue weighted by molar-refractivity contribution is -0.137. The minimum Gasteiger partial charge on any atom is -0.438 e. The van der Waals surface area contributed by atoms with Crippen molar-refractivity contribution >= 4 is 29.1 Å². The predicted octanol–water partition coefficient (Wildman–Crippen LogP) is 5.26. The number of nitrogens with one attached hydrogen (secondary N) is 1. The molecule has 3 rings (SSSR count). The van der Waals surface area contributed by atoms with E-state index in [1.165, 1.54) is 25.4 Å². The second kappa shape index (κ2) is 9.69. The largest absolute Gasteiger partial charge is 0.438 e. The fourth-order valence-electron chi connectivity index (χ4n) is 2.75. The molecule has 0 saturated carbocycles. The van der Waals surface area contributed by atoms with Crippen molar-refractivity contribution < 1.29 is 27.5 Å². The third-order valence-electron chi connectivity index (χ3n) is 4.24. The number of hydrogen-bond acceptors (Lipinski definition) is 4. The van der Waals surface area contributed by atoms with Crippen LogP contribution in [-0.2, 0) is 11.0 Å². The van der Waals surface area contributed by atoms with Crippen molar-refractivity contribution in [2.24, 2.45) is 0 Å². The number of anilines is 1. The second-order valence-corrected chi connectivity index (χ2v) is 7.08. The number of nitrogens with zero attached hydrogens (tertiary/aromatic N) is 2. The molecule has 0 unspecified atom stereocenters. The van der Waals surface area contributed by atoms with Gasteiger partial charge in [-0.05, 0) is 42.5 Å².